The summed E-state index contributed by atoms with van der Waals surface area (Å²) in [6, 6.07) is 0. The molecule has 0 bridgehead atoms. The van der Waals surface area contributed by atoms with E-state index >= 15 is 0 Å². The third-order valence-electron chi connectivity index (χ3n) is 2.17. The summed E-state index contributed by atoms with van der Waals surface area (Å²) in [4.78, 5) is 0. The average Bonchev–Trinajstić information content (AvgIpc) is 2.07. The van der Waals surface area contributed by atoms with E-state index in [-0.39, 0.29) is 0 Å². The smallest absolute Gasteiger partial charge is 0.0876 e. The fourth-order valence-corrected chi connectivity index (χ4v) is 1.26. The van der Waals surface area contributed by atoms with Crippen LogP contribution in [0.2, 0.25) is 0 Å². The molecule has 0 N–H and O–H groups in total. The zero-order chi connectivity index (χ0) is 8.81. The summed E-state index contributed by atoms with van der Waals surface area (Å²) in [5.74, 6) is 0.609. The Morgan fingerprint density at radius 1 is 1.50 bits per heavy atom. The first-order chi connectivity index (χ1) is 5.79. The predicted octanol–water partition coefficient (Wildman–Crippen LogP) is 3.28. The van der Waals surface area contributed by atoms with Gasteiger partial charge in [0.25, 0.3) is 0 Å². The van der Waals surface area contributed by atoms with Gasteiger partial charge in [-0.25, -0.2) is 0 Å². The lowest BCUT2D eigenvalue weighted by molar-refractivity contribution is 0.242. The van der Waals surface area contributed by atoms with E-state index in [1.807, 2.05) is 6.26 Å². The lowest BCUT2D eigenvalue weighted by Crippen LogP contribution is -1.94. The second-order valence-electron chi connectivity index (χ2n) is 3.57. The van der Waals surface area contributed by atoms with Crippen LogP contribution in [-0.4, -0.2) is 6.61 Å². The molecule has 0 aromatic rings. The highest BCUT2D eigenvalue weighted by Crippen LogP contribution is 2.12. The van der Waals surface area contributed by atoms with E-state index in [4.69, 9.17) is 4.74 Å². The highest BCUT2D eigenvalue weighted by Gasteiger charge is 1.98. The minimum absolute atomic E-state index is 0.609. The van der Waals surface area contributed by atoms with Crippen molar-refractivity contribution in [3.8, 4) is 0 Å². The Hall–Kier alpha value is -0.720. The van der Waals surface area contributed by atoms with Gasteiger partial charge in [0, 0.05) is 0 Å². The van der Waals surface area contributed by atoms with Gasteiger partial charge in [-0.05, 0) is 38.2 Å². The molecule has 0 amide bonds. The summed E-state index contributed by atoms with van der Waals surface area (Å²) < 4.78 is 5.32. The molecular weight excluding hydrogens is 148 g/mol. The standard InChI is InChI=1S/C11H18O/c1-10-4-3-8-12-9-7-11(2)6-5-10/h5,7,9,11H,3-4,6,8H2,1-2H3/b9-7+,10-5+. The zero-order valence-corrected chi connectivity index (χ0v) is 8.05. The minimum Gasteiger partial charge on any atom is -0.502 e. The summed E-state index contributed by atoms with van der Waals surface area (Å²) in [6.45, 7) is 5.28. The van der Waals surface area contributed by atoms with Crippen molar-refractivity contribution in [2.75, 3.05) is 6.61 Å². The van der Waals surface area contributed by atoms with Crippen LogP contribution in [0.1, 0.15) is 33.1 Å². The number of hydrogen-bond donors (Lipinski definition) is 0. The summed E-state index contributed by atoms with van der Waals surface area (Å²) in [5.41, 5.74) is 1.50. The van der Waals surface area contributed by atoms with Gasteiger partial charge in [-0.1, -0.05) is 18.6 Å². The molecule has 1 heteroatoms. The molecule has 1 nitrogen and oxygen atoms in total. The molecule has 0 aromatic heterocycles. The summed E-state index contributed by atoms with van der Waals surface area (Å²) in [6.07, 6.45) is 9.79. The molecule has 1 heterocycles. The van der Waals surface area contributed by atoms with E-state index in [0.29, 0.717) is 5.92 Å². The summed E-state index contributed by atoms with van der Waals surface area (Å²) in [5, 5.41) is 0. The van der Waals surface area contributed by atoms with Crippen LogP contribution in [0.3, 0.4) is 0 Å². The van der Waals surface area contributed by atoms with Crippen molar-refractivity contribution < 1.29 is 4.74 Å². The highest BCUT2D eigenvalue weighted by atomic mass is 16.5. The van der Waals surface area contributed by atoms with Crippen LogP contribution in [0.4, 0.5) is 0 Å². The SMILES string of the molecule is C/C1=C\CC(C)/C=C/OCCC1. The quantitative estimate of drug-likeness (QED) is 0.502. The Balaban J connectivity index is 2.48. The minimum atomic E-state index is 0.609. The van der Waals surface area contributed by atoms with Gasteiger partial charge < -0.3 is 4.74 Å². The average molecular weight is 166 g/mol. The lowest BCUT2D eigenvalue weighted by Gasteiger charge is -2.08. The molecule has 0 radical (unpaired) electrons. The van der Waals surface area contributed by atoms with Crippen molar-refractivity contribution in [1.29, 1.82) is 0 Å². The van der Waals surface area contributed by atoms with Gasteiger partial charge in [-0.2, -0.15) is 0 Å². The maximum absolute atomic E-state index is 5.32. The summed E-state index contributed by atoms with van der Waals surface area (Å²) in [7, 11) is 0. The predicted molar refractivity (Wildman–Crippen MR) is 51.9 cm³/mol. The second-order valence-corrected chi connectivity index (χ2v) is 3.57. The second kappa shape index (κ2) is 5.02. The Bertz CT molecular complexity index is 179. The lowest BCUT2D eigenvalue weighted by atomic mass is 10.0. The molecule has 0 saturated carbocycles. The first-order valence-corrected chi connectivity index (χ1v) is 4.73. The molecule has 0 aromatic carbocycles. The van der Waals surface area contributed by atoms with Crippen molar-refractivity contribution in [2.24, 2.45) is 5.92 Å². The van der Waals surface area contributed by atoms with Gasteiger partial charge in [0.1, 0.15) is 0 Å². The zero-order valence-electron chi connectivity index (χ0n) is 8.05. The van der Waals surface area contributed by atoms with E-state index in [1.54, 1.807) is 0 Å². The van der Waals surface area contributed by atoms with E-state index in [2.05, 4.69) is 26.0 Å². The monoisotopic (exact) mass is 166 g/mol. The first-order valence-electron chi connectivity index (χ1n) is 4.73. The van der Waals surface area contributed by atoms with Crippen LogP contribution in [0, 0.1) is 5.92 Å². The number of rotatable bonds is 0. The molecule has 0 aliphatic carbocycles. The molecule has 1 rings (SSSR count). The van der Waals surface area contributed by atoms with Gasteiger partial charge in [0.15, 0.2) is 0 Å². The Kier molecular flexibility index (Phi) is 3.92. The molecule has 1 atom stereocenters. The van der Waals surface area contributed by atoms with Crippen molar-refractivity contribution in [3.05, 3.63) is 24.0 Å². The Labute approximate surface area is 75.1 Å². The molecule has 1 aliphatic heterocycles. The van der Waals surface area contributed by atoms with Crippen molar-refractivity contribution >= 4 is 0 Å². The fraction of sp³-hybridized carbons (Fsp3) is 0.636. The third kappa shape index (κ3) is 3.61. The molecule has 68 valence electrons. The van der Waals surface area contributed by atoms with Crippen LogP contribution in [0.5, 0.6) is 0 Å². The molecule has 1 unspecified atom stereocenters. The molecule has 12 heavy (non-hydrogen) atoms. The van der Waals surface area contributed by atoms with Crippen molar-refractivity contribution in [3.63, 3.8) is 0 Å². The van der Waals surface area contributed by atoms with E-state index in [9.17, 15) is 0 Å². The van der Waals surface area contributed by atoms with Crippen LogP contribution in [0.15, 0.2) is 24.0 Å². The van der Waals surface area contributed by atoms with Crippen LogP contribution in [0.25, 0.3) is 0 Å². The fourth-order valence-electron chi connectivity index (χ4n) is 1.26. The number of allylic oxidation sites excluding steroid dienone is 3. The van der Waals surface area contributed by atoms with Crippen LogP contribution >= 0.6 is 0 Å². The van der Waals surface area contributed by atoms with Gasteiger partial charge in [0.05, 0.1) is 12.9 Å². The van der Waals surface area contributed by atoms with Gasteiger partial charge in [-0.3, -0.25) is 0 Å². The summed E-state index contributed by atoms with van der Waals surface area (Å²) >= 11 is 0. The normalized spacial score (nSPS) is 32.8. The van der Waals surface area contributed by atoms with Crippen LogP contribution < -0.4 is 0 Å². The molecule has 0 fully saturated rings. The van der Waals surface area contributed by atoms with Gasteiger partial charge in [-0.15, -0.1) is 0 Å². The van der Waals surface area contributed by atoms with E-state index < -0.39 is 0 Å². The largest absolute Gasteiger partial charge is 0.502 e. The number of ether oxygens (including phenoxy) is 1. The van der Waals surface area contributed by atoms with E-state index in [1.165, 1.54) is 12.0 Å². The molecule has 1 aliphatic rings. The maximum atomic E-state index is 5.32. The van der Waals surface area contributed by atoms with Gasteiger partial charge >= 0.3 is 0 Å². The van der Waals surface area contributed by atoms with Crippen LogP contribution in [-0.2, 0) is 4.74 Å². The first kappa shape index (κ1) is 9.37. The molecule has 0 spiro atoms. The number of hydrogen-bond acceptors (Lipinski definition) is 1. The highest BCUT2D eigenvalue weighted by molar-refractivity contribution is 5.00. The Morgan fingerprint density at radius 3 is 3.17 bits per heavy atom. The molecular formula is C11H18O. The molecule has 0 saturated heterocycles. The van der Waals surface area contributed by atoms with E-state index in [0.717, 1.165) is 19.4 Å². The van der Waals surface area contributed by atoms with Crippen molar-refractivity contribution in [2.45, 2.75) is 33.1 Å². The van der Waals surface area contributed by atoms with Gasteiger partial charge in [0.2, 0.25) is 0 Å². The topological polar surface area (TPSA) is 9.23 Å². The van der Waals surface area contributed by atoms with Crippen molar-refractivity contribution in [1.82, 2.24) is 0 Å². The third-order valence-corrected chi connectivity index (χ3v) is 2.17. The maximum Gasteiger partial charge on any atom is 0.0876 e. The Morgan fingerprint density at radius 2 is 2.33 bits per heavy atom.